The second-order valence-corrected chi connectivity index (χ2v) is 3.84. The van der Waals surface area contributed by atoms with Crippen LogP contribution in [0.3, 0.4) is 0 Å². The van der Waals surface area contributed by atoms with Crippen molar-refractivity contribution < 1.29 is 9.53 Å². The lowest BCUT2D eigenvalue weighted by Crippen LogP contribution is -1.92. The van der Waals surface area contributed by atoms with Gasteiger partial charge < -0.3 is 4.74 Å². The first-order valence-corrected chi connectivity index (χ1v) is 5.71. The lowest BCUT2D eigenvalue weighted by molar-refractivity contribution is 0.104. The molecule has 2 aromatic rings. The maximum Gasteiger partial charge on any atom is 0.185 e. The first-order chi connectivity index (χ1) is 8.79. The molecule has 0 atom stereocenters. The Morgan fingerprint density at radius 2 is 1.63 bits per heavy atom. The number of hydrogen-bond acceptors (Lipinski definition) is 2. The number of carbonyl (C=O) groups excluding carboxylic acids is 1. The molecule has 0 bridgehead atoms. The average molecular weight is 254 g/mol. The van der Waals surface area contributed by atoms with Gasteiger partial charge in [-0.3, -0.25) is 4.79 Å². The van der Waals surface area contributed by atoms with Gasteiger partial charge in [0.15, 0.2) is 5.78 Å². The van der Waals surface area contributed by atoms with Crippen LogP contribution in [0.5, 0.6) is 5.75 Å². The van der Waals surface area contributed by atoms with Gasteiger partial charge in [0.25, 0.3) is 0 Å². The third-order valence-corrected chi connectivity index (χ3v) is 2.60. The molecule has 0 aromatic heterocycles. The van der Waals surface area contributed by atoms with E-state index in [0.717, 1.165) is 11.3 Å². The van der Waals surface area contributed by atoms with Crippen LogP contribution in [0.25, 0.3) is 6.08 Å². The molecular weight excluding hydrogens is 236 g/mol. The molecule has 0 spiro atoms. The molecule has 0 saturated carbocycles. The molecule has 0 saturated heterocycles. The zero-order chi connectivity index (χ0) is 12.8. The number of rotatable bonds is 4. The first-order valence-electron chi connectivity index (χ1n) is 5.71. The van der Waals surface area contributed by atoms with Gasteiger partial charge in [-0.1, -0.05) is 56.0 Å². The van der Waals surface area contributed by atoms with Crippen LogP contribution < -0.4 is 4.74 Å². The molecule has 2 heteroatoms. The molecule has 2 nitrogen and oxygen atoms in total. The summed E-state index contributed by atoms with van der Waals surface area (Å²) in [5.41, 5.74) is 1.67. The van der Waals surface area contributed by atoms with Gasteiger partial charge in [0, 0.05) is 5.56 Å². The molecular formula is C17H18O2. The zero-order valence-electron chi connectivity index (χ0n) is 10.2. The minimum Gasteiger partial charge on any atom is -0.497 e. The topological polar surface area (TPSA) is 26.3 Å². The van der Waals surface area contributed by atoms with Crippen LogP contribution in [0.2, 0.25) is 0 Å². The maximum atomic E-state index is 11.8. The van der Waals surface area contributed by atoms with Gasteiger partial charge in [0.2, 0.25) is 0 Å². The first kappa shape index (κ1) is 14.7. The second kappa shape index (κ2) is 7.17. The minimum atomic E-state index is 0. The van der Waals surface area contributed by atoms with Gasteiger partial charge in [-0.25, -0.2) is 0 Å². The summed E-state index contributed by atoms with van der Waals surface area (Å²) in [5, 5.41) is 0. The van der Waals surface area contributed by atoms with Crippen molar-refractivity contribution in [3.05, 3.63) is 71.8 Å². The summed E-state index contributed by atoms with van der Waals surface area (Å²) in [6, 6.07) is 16.8. The van der Waals surface area contributed by atoms with E-state index in [1.54, 1.807) is 31.4 Å². The molecule has 0 N–H and O–H groups in total. The minimum absolute atomic E-state index is 0. The molecule has 0 aliphatic heterocycles. The predicted octanol–water partition coefficient (Wildman–Crippen LogP) is 4.23. The molecule has 0 aliphatic carbocycles. The Labute approximate surface area is 114 Å². The fourth-order valence-corrected chi connectivity index (χ4v) is 1.59. The third-order valence-electron chi connectivity index (χ3n) is 2.60. The van der Waals surface area contributed by atoms with Gasteiger partial charge in [-0.05, 0) is 23.8 Å². The molecule has 2 rings (SSSR count). The fourth-order valence-electron chi connectivity index (χ4n) is 1.59. The van der Waals surface area contributed by atoms with Crippen LogP contribution in [0.4, 0.5) is 0 Å². The highest BCUT2D eigenvalue weighted by molar-refractivity contribution is 6.06. The number of benzene rings is 2. The SMILES string of the molecule is C.COc1ccc(C=CC(=O)c2ccccc2)cc1. The van der Waals surface area contributed by atoms with Crippen LogP contribution in [0, 0.1) is 0 Å². The zero-order valence-corrected chi connectivity index (χ0v) is 10.2. The van der Waals surface area contributed by atoms with E-state index in [4.69, 9.17) is 4.74 Å². The smallest absolute Gasteiger partial charge is 0.185 e. The lowest BCUT2D eigenvalue weighted by atomic mass is 10.1. The van der Waals surface area contributed by atoms with E-state index in [1.807, 2.05) is 42.5 Å². The Bertz CT molecular complexity index is 539. The van der Waals surface area contributed by atoms with Crippen molar-refractivity contribution in [1.82, 2.24) is 0 Å². The summed E-state index contributed by atoms with van der Waals surface area (Å²) >= 11 is 0. The average Bonchev–Trinajstić information content (AvgIpc) is 2.46. The fraction of sp³-hybridized carbons (Fsp3) is 0.118. The maximum absolute atomic E-state index is 11.8. The van der Waals surface area contributed by atoms with Gasteiger partial charge in [0.05, 0.1) is 7.11 Å². The van der Waals surface area contributed by atoms with E-state index < -0.39 is 0 Å². The standard InChI is InChI=1S/C16H14O2.CH4/c1-18-15-10-7-13(8-11-15)9-12-16(17)14-5-3-2-4-6-14;/h2-12H,1H3;1H4. The molecule has 98 valence electrons. The summed E-state index contributed by atoms with van der Waals surface area (Å²) < 4.78 is 5.07. The molecule has 0 heterocycles. The van der Waals surface area contributed by atoms with Crippen molar-refractivity contribution in [2.75, 3.05) is 7.11 Å². The molecule has 2 aromatic carbocycles. The Morgan fingerprint density at radius 1 is 1.00 bits per heavy atom. The van der Waals surface area contributed by atoms with Crippen LogP contribution >= 0.6 is 0 Å². The van der Waals surface area contributed by atoms with E-state index >= 15 is 0 Å². The predicted molar refractivity (Wildman–Crippen MR) is 79.5 cm³/mol. The number of allylic oxidation sites excluding steroid dienone is 1. The number of methoxy groups -OCH3 is 1. The van der Waals surface area contributed by atoms with Crippen molar-refractivity contribution in [3.8, 4) is 5.75 Å². The monoisotopic (exact) mass is 254 g/mol. The van der Waals surface area contributed by atoms with Crippen molar-refractivity contribution in [2.45, 2.75) is 7.43 Å². The largest absolute Gasteiger partial charge is 0.497 e. The van der Waals surface area contributed by atoms with E-state index in [1.165, 1.54) is 0 Å². The third kappa shape index (κ3) is 4.11. The second-order valence-electron chi connectivity index (χ2n) is 3.84. The summed E-state index contributed by atoms with van der Waals surface area (Å²) in [5.74, 6) is 0.813. The number of ketones is 1. The van der Waals surface area contributed by atoms with Crippen molar-refractivity contribution in [1.29, 1.82) is 0 Å². The molecule has 0 amide bonds. The van der Waals surface area contributed by atoms with E-state index in [0.29, 0.717) is 5.56 Å². The van der Waals surface area contributed by atoms with Crippen LogP contribution in [0.1, 0.15) is 23.3 Å². The number of hydrogen-bond donors (Lipinski definition) is 0. The Kier molecular flexibility index (Phi) is 5.55. The Balaban J connectivity index is 0.00000180. The molecule has 0 unspecified atom stereocenters. The summed E-state index contributed by atoms with van der Waals surface area (Å²) in [7, 11) is 1.63. The molecule has 0 fully saturated rings. The highest BCUT2D eigenvalue weighted by Gasteiger charge is 1.99. The van der Waals surface area contributed by atoms with Gasteiger partial charge in [-0.2, -0.15) is 0 Å². The van der Waals surface area contributed by atoms with E-state index in [9.17, 15) is 4.79 Å². The van der Waals surface area contributed by atoms with Gasteiger partial charge in [-0.15, -0.1) is 0 Å². The lowest BCUT2D eigenvalue weighted by Gasteiger charge is -1.99. The van der Waals surface area contributed by atoms with E-state index in [2.05, 4.69) is 0 Å². The van der Waals surface area contributed by atoms with Gasteiger partial charge >= 0.3 is 0 Å². The van der Waals surface area contributed by atoms with Crippen LogP contribution in [-0.2, 0) is 0 Å². The van der Waals surface area contributed by atoms with Gasteiger partial charge in [0.1, 0.15) is 5.75 Å². The highest BCUT2D eigenvalue weighted by Crippen LogP contribution is 2.12. The molecule has 19 heavy (non-hydrogen) atoms. The summed E-state index contributed by atoms with van der Waals surface area (Å²) in [4.78, 5) is 11.8. The Morgan fingerprint density at radius 3 is 2.21 bits per heavy atom. The summed E-state index contributed by atoms with van der Waals surface area (Å²) in [6.07, 6.45) is 3.38. The summed E-state index contributed by atoms with van der Waals surface area (Å²) in [6.45, 7) is 0. The Hall–Kier alpha value is -2.35. The molecule has 0 radical (unpaired) electrons. The van der Waals surface area contributed by atoms with Crippen LogP contribution in [0.15, 0.2) is 60.7 Å². The number of ether oxygens (including phenoxy) is 1. The number of carbonyl (C=O) groups is 1. The van der Waals surface area contributed by atoms with Crippen molar-refractivity contribution in [2.24, 2.45) is 0 Å². The normalized spacial score (nSPS) is 9.95. The molecule has 0 aliphatic rings. The van der Waals surface area contributed by atoms with Crippen molar-refractivity contribution >= 4 is 11.9 Å². The van der Waals surface area contributed by atoms with Crippen molar-refractivity contribution in [3.63, 3.8) is 0 Å². The van der Waals surface area contributed by atoms with Crippen LogP contribution in [-0.4, -0.2) is 12.9 Å². The quantitative estimate of drug-likeness (QED) is 0.603. The van der Waals surface area contributed by atoms with E-state index in [-0.39, 0.29) is 13.2 Å². The highest BCUT2D eigenvalue weighted by atomic mass is 16.5.